The van der Waals surface area contributed by atoms with Gasteiger partial charge in [0.1, 0.15) is 0 Å². The lowest BCUT2D eigenvalue weighted by Gasteiger charge is -2.03. The molecule has 0 radical (unpaired) electrons. The molecule has 0 saturated heterocycles. The molecule has 1 heterocycles. The van der Waals surface area contributed by atoms with Crippen LogP contribution in [-0.4, -0.2) is 26.0 Å². The maximum Gasteiger partial charge on any atom is 0.278 e. The first-order valence-corrected chi connectivity index (χ1v) is 7.56. The molecule has 0 bridgehead atoms. The SMILES string of the molecule is O=[N+]([O-])c1ccccc1C=Nn1c(-c2ccccc2Cl)n[nH]c1=S. The van der Waals surface area contributed by atoms with E-state index in [0.29, 0.717) is 22.0 Å². The van der Waals surface area contributed by atoms with Gasteiger partial charge in [-0.3, -0.25) is 10.1 Å². The van der Waals surface area contributed by atoms with Crippen LogP contribution in [0.5, 0.6) is 0 Å². The van der Waals surface area contributed by atoms with Crippen LogP contribution in [0.25, 0.3) is 11.4 Å². The van der Waals surface area contributed by atoms with Gasteiger partial charge in [0.2, 0.25) is 4.77 Å². The number of aromatic nitrogens is 3. The third-order valence-corrected chi connectivity index (χ3v) is 3.80. The zero-order valence-corrected chi connectivity index (χ0v) is 13.7. The molecule has 2 aromatic carbocycles. The smallest absolute Gasteiger partial charge is 0.258 e. The minimum absolute atomic E-state index is 0.0458. The van der Waals surface area contributed by atoms with Crippen molar-refractivity contribution in [1.82, 2.24) is 14.9 Å². The number of benzene rings is 2. The van der Waals surface area contributed by atoms with Gasteiger partial charge >= 0.3 is 0 Å². The highest BCUT2D eigenvalue weighted by Crippen LogP contribution is 2.26. The molecular formula is C15H10ClN5O2S. The van der Waals surface area contributed by atoms with E-state index in [2.05, 4.69) is 15.3 Å². The normalized spacial score (nSPS) is 11.0. The quantitative estimate of drug-likeness (QED) is 0.329. The van der Waals surface area contributed by atoms with Gasteiger partial charge in [-0.05, 0) is 30.4 Å². The standard InChI is InChI=1S/C15H10ClN5O2S/c16-12-7-3-2-6-11(12)14-18-19-15(24)20(14)17-9-10-5-1-4-8-13(10)21(22)23/h1-9H,(H,19,24). The first kappa shape index (κ1) is 16.0. The summed E-state index contributed by atoms with van der Waals surface area (Å²) < 4.78 is 1.62. The third kappa shape index (κ3) is 3.10. The third-order valence-electron chi connectivity index (χ3n) is 3.21. The molecule has 0 atom stereocenters. The Balaban J connectivity index is 2.07. The van der Waals surface area contributed by atoms with Crippen molar-refractivity contribution in [3.05, 3.63) is 74.0 Å². The number of nitrogens with zero attached hydrogens (tertiary/aromatic N) is 4. The van der Waals surface area contributed by atoms with Crippen LogP contribution in [0.4, 0.5) is 5.69 Å². The monoisotopic (exact) mass is 359 g/mol. The highest BCUT2D eigenvalue weighted by molar-refractivity contribution is 7.71. The molecule has 120 valence electrons. The van der Waals surface area contributed by atoms with E-state index in [1.807, 2.05) is 6.07 Å². The number of hydrogen-bond donors (Lipinski definition) is 1. The Bertz CT molecular complexity index is 995. The second-order valence-electron chi connectivity index (χ2n) is 4.70. The summed E-state index contributed by atoms with van der Waals surface area (Å²) in [5.74, 6) is 0.417. The number of halogens is 1. The molecule has 0 unspecified atom stereocenters. The summed E-state index contributed by atoms with van der Waals surface area (Å²) in [5, 5.41) is 22.6. The van der Waals surface area contributed by atoms with Crippen LogP contribution in [0.2, 0.25) is 5.02 Å². The summed E-state index contributed by atoms with van der Waals surface area (Å²) in [5.41, 5.74) is 0.956. The van der Waals surface area contributed by atoms with Crippen molar-refractivity contribution in [2.75, 3.05) is 0 Å². The molecule has 0 aliphatic heterocycles. The highest BCUT2D eigenvalue weighted by atomic mass is 35.5. The van der Waals surface area contributed by atoms with E-state index in [1.54, 1.807) is 36.4 Å². The van der Waals surface area contributed by atoms with Crippen LogP contribution in [0.15, 0.2) is 53.6 Å². The first-order chi connectivity index (χ1) is 11.6. The van der Waals surface area contributed by atoms with Gasteiger partial charge in [0.05, 0.1) is 21.7 Å². The molecule has 3 rings (SSSR count). The average molecular weight is 360 g/mol. The molecule has 0 aliphatic rings. The topological polar surface area (TPSA) is 89.1 Å². The summed E-state index contributed by atoms with van der Waals surface area (Å²) >= 11 is 11.4. The summed E-state index contributed by atoms with van der Waals surface area (Å²) in [6.07, 6.45) is 1.36. The second-order valence-corrected chi connectivity index (χ2v) is 5.50. The van der Waals surface area contributed by atoms with E-state index in [4.69, 9.17) is 23.8 Å². The number of nitrogens with one attached hydrogen (secondary N) is 1. The van der Waals surface area contributed by atoms with Crippen molar-refractivity contribution in [3.63, 3.8) is 0 Å². The number of para-hydroxylation sites is 1. The fourth-order valence-corrected chi connectivity index (χ4v) is 2.50. The van der Waals surface area contributed by atoms with Crippen molar-refractivity contribution in [2.24, 2.45) is 5.10 Å². The van der Waals surface area contributed by atoms with Gasteiger partial charge in [-0.15, -0.1) is 0 Å². The molecule has 1 aromatic heterocycles. The lowest BCUT2D eigenvalue weighted by atomic mass is 10.2. The van der Waals surface area contributed by atoms with Gasteiger partial charge in [-0.2, -0.15) is 14.9 Å². The number of aromatic amines is 1. The highest BCUT2D eigenvalue weighted by Gasteiger charge is 2.13. The fourth-order valence-electron chi connectivity index (χ4n) is 2.10. The van der Waals surface area contributed by atoms with Crippen LogP contribution in [0.1, 0.15) is 5.56 Å². The van der Waals surface area contributed by atoms with Gasteiger partial charge in [0.25, 0.3) is 5.69 Å². The summed E-state index contributed by atoms with van der Waals surface area (Å²) in [7, 11) is 0. The number of hydrogen-bond acceptors (Lipinski definition) is 5. The van der Waals surface area contributed by atoms with Crippen molar-refractivity contribution in [1.29, 1.82) is 0 Å². The molecule has 9 heteroatoms. The molecule has 0 saturated carbocycles. The lowest BCUT2D eigenvalue weighted by molar-refractivity contribution is -0.385. The fraction of sp³-hybridized carbons (Fsp3) is 0. The minimum atomic E-state index is -0.467. The molecule has 0 amide bonds. The Hall–Kier alpha value is -2.84. The van der Waals surface area contributed by atoms with Crippen LogP contribution in [0, 0.1) is 14.9 Å². The predicted octanol–water partition coefficient (Wildman–Crippen LogP) is 4.05. The summed E-state index contributed by atoms with van der Waals surface area (Å²) in [4.78, 5) is 10.6. The van der Waals surface area contributed by atoms with E-state index < -0.39 is 4.92 Å². The largest absolute Gasteiger partial charge is 0.278 e. The van der Waals surface area contributed by atoms with Crippen molar-refractivity contribution < 1.29 is 4.92 Å². The van der Waals surface area contributed by atoms with E-state index in [9.17, 15) is 10.1 Å². The molecule has 7 nitrogen and oxygen atoms in total. The number of H-pyrrole nitrogens is 1. The van der Waals surface area contributed by atoms with Gasteiger partial charge in [0, 0.05) is 11.6 Å². The molecule has 0 aliphatic carbocycles. The Morgan fingerprint density at radius 2 is 1.96 bits per heavy atom. The predicted molar refractivity (Wildman–Crippen MR) is 93.9 cm³/mol. The summed E-state index contributed by atoms with van der Waals surface area (Å²) in [6, 6.07) is 13.4. The zero-order chi connectivity index (χ0) is 17.1. The van der Waals surface area contributed by atoms with Crippen molar-refractivity contribution in [2.45, 2.75) is 0 Å². The maximum absolute atomic E-state index is 11.1. The second kappa shape index (κ2) is 6.73. The minimum Gasteiger partial charge on any atom is -0.258 e. The first-order valence-electron chi connectivity index (χ1n) is 6.78. The van der Waals surface area contributed by atoms with Gasteiger partial charge < -0.3 is 0 Å². The Kier molecular flexibility index (Phi) is 4.50. The van der Waals surface area contributed by atoms with Crippen LogP contribution < -0.4 is 0 Å². The Morgan fingerprint density at radius 3 is 2.71 bits per heavy atom. The average Bonchev–Trinajstić information content (AvgIpc) is 2.94. The number of nitro groups is 1. The molecule has 1 N–H and O–H groups in total. The number of rotatable bonds is 4. The Morgan fingerprint density at radius 1 is 1.25 bits per heavy atom. The van der Waals surface area contributed by atoms with E-state index in [1.165, 1.54) is 17.0 Å². The van der Waals surface area contributed by atoms with E-state index in [0.717, 1.165) is 0 Å². The van der Waals surface area contributed by atoms with Crippen molar-refractivity contribution in [3.8, 4) is 11.4 Å². The molecule has 0 fully saturated rings. The van der Waals surface area contributed by atoms with Gasteiger partial charge in [-0.25, -0.2) is 5.10 Å². The Labute approximate surface area is 146 Å². The lowest BCUT2D eigenvalue weighted by Crippen LogP contribution is -1.98. The maximum atomic E-state index is 11.1. The number of nitro benzene ring substituents is 1. The van der Waals surface area contributed by atoms with Crippen molar-refractivity contribution >= 4 is 35.7 Å². The van der Waals surface area contributed by atoms with Gasteiger partial charge in [0.15, 0.2) is 5.82 Å². The van der Waals surface area contributed by atoms with Gasteiger partial charge in [-0.1, -0.05) is 35.9 Å². The molecule has 24 heavy (non-hydrogen) atoms. The van der Waals surface area contributed by atoms with Crippen LogP contribution in [-0.2, 0) is 0 Å². The summed E-state index contributed by atoms with van der Waals surface area (Å²) in [6.45, 7) is 0. The van der Waals surface area contributed by atoms with Crippen LogP contribution in [0.3, 0.4) is 0 Å². The zero-order valence-electron chi connectivity index (χ0n) is 12.1. The van der Waals surface area contributed by atoms with E-state index >= 15 is 0 Å². The van der Waals surface area contributed by atoms with Crippen LogP contribution >= 0.6 is 23.8 Å². The molecular weight excluding hydrogens is 350 g/mol. The van der Waals surface area contributed by atoms with E-state index in [-0.39, 0.29) is 10.5 Å². The molecule has 0 spiro atoms. The molecule has 3 aromatic rings.